The standard InChI is InChI=1S/C28H26N4O3/c1-3-29-25(33)16-12-19-11-15-23-24(17-19)31-28(34)26(23)27(21-7-5-4-6-8-21)30-22-13-9-20(10-14-22)18-32(2)35/h4-11,13-15,17,31-32,34H,3,18H2,1-2H3,(H,29,33). The summed E-state index contributed by atoms with van der Waals surface area (Å²) in [4.78, 5) is 19.6. The van der Waals surface area contributed by atoms with Gasteiger partial charge in [-0.05, 0) is 31.2 Å². The van der Waals surface area contributed by atoms with Crippen molar-refractivity contribution in [1.82, 2.24) is 10.3 Å². The predicted molar refractivity (Wildman–Crippen MR) is 138 cm³/mol. The second kappa shape index (κ2) is 10.7. The van der Waals surface area contributed by atoms with Crippen molar-refractivity contribution in [2.75, 3.05) is 13.6 Å². The van der Waals surface area contributed by atoms with Gasteiger partial charge in [-0.2, -0.15) is 0 Å². The van der Waals surface area contributed by atoms with E-state index in [1.807, 2.05) is 73.7 Å². The van der Waals surface area contributed by atoms with E-state index >= 15 is 0 Å². The highest BCUT2D eigenvalue weighted by Crippen LogP contribution is 2.32. The van der Waals surface area contributed by atoms with Crippen LogP contribution in [0.1, 0.15) is 29.2 Å². The molecule has 176 valence electrons. The highest BCUT2D eigenvalue weighted by Gasteiger charge is 2.19. The molecule has 1 amide bonds. The van der Waals surface area contributed by atoms with Gasteiger partial charge >= 0.3 is 0 Å². The van der Waals surface area contributed by atoms with Gasteiger partial charge in [0.15, 0.2) is 5.88 Å². The third-order valence-corrected chi connectivity index (χ3v) is 5.35. The molecule has 1 unspecified atom stereocenters. The van der Waals surface area contributed by atoms with Gasteiger partial charge in [0.25, 0.3) is 5.91 Å². The number of amides is 1. The Morgan fingerprint density at radius 3 is 2.54 bits per heavy atom. The molecule has 0 bridgehead atoms. The van der Waals surface area contributed by atoms with Crippen molar-refractivity contribution >= 4 is 28.2 Å². The Morgan fingerprint density at radius 1 is 1.11 bits per heavy atom. The average Bonchev–Trinajstić information content (AvgIpc) is 3.17. The minimum Gasteiger partial charge on any atom is -0.634 e. The van der Waals surface area contributed by atoms with Crippen LogP contribution in [0.4, 0.5) is 5.69 Å². The minimum absolute atomic E-state index is 0.00959. The lowest BCUT2D eigenvalue weighted by atomic mass is 10.00. The number of aromatic nitrogens is 1. The van der Waals surface area contributed by atoms with Gasteiger partial charge in [0.2, 0.25) is 0 Å². The molecule has 3 aromatic carbocycles. The number of hydrogen-bond acceptors (Lipinski definition) is 4. The molecule has 7 heteroatoms. The zero-order valence-corrected chi connectivity index (χ0v) is 19.6. The van der Waals surface area contributed by atoms with E-state index in [4.69, 9.17) is 4.99 Å². The predicted octanol–water partition coefficient (Wildman–Crippen LogP) is 3.04. The Hall–Kier alpha value is -4.38. The number of quaternary nitrogens is 1. The van der Waals surface area contributed by atoms with Crippen LogP contribution < -0.4 is 10.4 Å². The molecule has 0 aliphatic rings. The molecule has 1 aromatic heterocycles. The molecular formula is C28H26N4O3. The van der Waals surface area contributed by atoms with E-state index in [2.05, 4.69) is 22.1 Å². The minimum atomic E-state index is -0.338. The van der Waals surface area contributed by atoms with Gasteiger partial charge in [-0.1, -0.05) is 54.5 Å². The summed E-state index contributed by atoms with van der Waals surface area (Å²) in [5.74, 6) is 5.07. The smallest absolute Gasteiger partial charge is 0.296 e. The van der Waals surface area contributed by atoms with Gasteiger partial charge in [-0.25, -0.2) is 4.99 Å². The molecule has 7 nitrogen and oxygen atoms in total. The lowest BCUT2D eigenvalue weighted by Crippen LogP contribution is -3.02. The molecule has 0 saturated carbocycles. The van der Waals surface area contributed by atoms with Gasteiger partial charge in [0.1, 0.15) is 6.54 Å². The third-order valence-electron chi connectivity index (χ3n) is 5.35. The number of benzene rings is 3. The van der Waals surface area contributed by atoms with E-state index < -0.39 is 0 Å². The average molecular weight is 467 g/mol. The Morgan fingerprint density at radius 2 is 1.86 bits per heavy atom. The fourth-order valence-corrected chi connectivity index (χ4v) is 3.80. The number of nitrogens with one attached hydrogen (secondary N) is 3. The first-order valence-corrected chi connectivity index (χ1v) is 11.3. The van der Waals surface area contributed by atoms with Crippen LogP contribution in [-0.2, 0) is 11.3 Å². The van der Waals surface area contributed by atoms with Gasteiger partial charge in [-0.3, -0.25) is 4.79 Å². The Bertz CT molecular complexity index is 1430. The molecule has 4 aromatic rings. The van der Waals surface area contributed by atoms with E-state index in [1.165, 1.54) is 0 Å². The second-order valence-electron chi connectivity index (χ2n) is 8.09. The summed E-state index contributed by atoms with van der Waals surface area (Å²) in [6.07, 6.45) is 0. The topological polar surface area (TPSA) is 105 Å². The van der Waals surface area contributed by atoms with Crippen molar-refractivity contribution in [1.29, 1.82) is 0 Å². The molecule has 0 fully saturated rings. The van der Waals surface area contributed by atoms with Gasteiger partial charge in [-0.15, -0.1) is 0 Å². The maximum absolute atomic E-state index is 11.7. The maximum atomic E-state index is 11.7. The normalized spacial score (nSPS) is 12.1. The number of carbonyl (C=O) groups excluding carboxylic acids is 1. The fraction of sp³-hybridized carbons (Fsp3) is 0.143. The molecule has 0 spiro atoms. The fourth-order valence-electron chi connectivity index (χ4n) is 3.80. The first-order chi connectivity index (χ1) is 16.9. The van der Waals surface area contributed by atoms with E-state index in [1.54, 1.807) is 13.1 Å². The van der Waals surface area contributed by atoms with E-state index in [9.17, 15) is 15.1 Å². The first-order valence-electron chi connectivity index (χ1n) is 11.3. The number of aromatic hydroxyl groups is 1. The van der Waals surface area contributed by atoms with Crippen LogP contribution in [0.3, 0.4) is 0 Å². The summed E-state index contributed by atoms with van der Waals surface area (Å²) >= 11 is 0. The SMILES string of the molecule is CCNC(=O)C#Cc1ccc2c(C(=Nc3ccc(C[NH+](C)[O-])cc3)c3ccccc3)c(O)[nH]c2c1. The largest absolute Gasteiger partial charge is 0.634 e. The highest BCUT2D eigenvalue weighted by molar-refractivity contribution is 6.22. The molecule has 4 rings (SSSR count). The lowest BCUT2D eigenvalue weighted by Gasteiger charge is -2.15. The Labute approximate surface area is 203 Å². The van der Waals surface area contributed by atoms with Crippen molar-refractivity contribution in [3.8, 4) is 17.7 Å². The zero-order chi connectivity index (χ0) is 24.8. The third kappa shape index (κ3) is 5.76. The van der Waals surface area contributed by atoms with Crippen LogP contribution in [0.25, 0.3) is 10.9 Å². The van der Waals surface area contributed by atoms with Crippen molar-refractivity contribution in [3.63, 3.8) is 0 Å². The van der Waals surface area contributed by atoms with Gasteiger partial charge in [0.05, 0.1) is 29.5 Å². The van der Waals surface area contributed by atoms with Crippen LogP contribution in [0, 0.1) is 17.0 Å². The number of fused-ring (bicyclic) bond motifs is 1. The molecule has 35 heavy (non-hydrogen) atoms. The quantitative estimate of drug-likeness (QED) is 0.199. The number of carbonyl (C=O) groups is 1. The van der Waals surface area contributed by atoms with Crippen LogP contribution in [0.15, 0.2) is 77.8 Å². The van der Waals surface area contributed by atoms with Crippen molar-refractivity contribution < 1.29 is 15.0 Å². The highest BCUT2D eigenvalue weighted by atomic mass is 16.5. The number of rotatable bonds is 6. The Balaban J connectivity index is 1.78. The van der Waals surface area contributed by atoms with E-state index in [0.29, 0.717) is 41.1 Å². The molecule has 4 N–H and O–H groups in total. The number of hydroxylamine groups is 2. The molecule has 0 radical (unpaired) electrons. The maximum Gasteiger partial charge on any atom is 0.296 e. The van der Waals surface area contributed by atoms with Crippen LogP contribution >= 0.6 is 0 Å². The number of aromatic amines is 1. The Kier molecular flexibility index (Phi) is 7.27. The number of nitrogens with zero attached hydrogens (tertiary/aromatic N) is 1. The van der Waals surface area contributed by atoms with E-state index in [-0.39, 0.29) is 16.9 Å². The first kappa shape index (κ1) is 23.8. The monoisotopic (exact) mass is 466 g/mol. The van der Waals surface area contributed by atoms with Crippen LogP contribution in [-0.4, -0.2) is 35.3 Å². The summed E-state index contributed by atoms with van der Waals surface area (Å²) in [5.41, 5.74) is 4.98. The number of hydrogen-bond donors (Lipinski definition) is 4. The molecule has 1 heterocycles. The van der Waals surface area contributed by atoms with Crippen molar-refractivity contribution in [2.45, 2.75) is 13.5 Å². The molecular weight excluding hydrogens is 440 g/mol. The molecule has 0 saturated heterocycles. The zero-order valence-electron chi connectivity index (χ0n) is 19.6. The molecule has 0 aliphatic carbocycles. The lowest BCUT2D eigenvalue weighted by molar-refractivity contribution is -0.840. The van der Waals surface area contributed by atoms with Crippen molar-refractivity contribution in [2.24, 2.45) is 4.99 Å². The van der Waals surface area contributed by atoms with Crippen molar-refractivity contribution in [3.05, 3.63) is 100 Å². The summed E-state index contributed by atoms with van der Waals surface area (Å²) in [5, 5.41) is 25.8. The number of aliphatic imine (C=N–C) groups is 1. The summed E-state index contributed by atoms with van der Waals surface area (Å²) < 4.78 is 0. The molecule has 1 atom stereocenters. The number of H-pyrrole nitrogens is 1. The van der Waals surface area contributed by atoms with Crippen LogP contribution in [0.2, 0.25) is 0 Å². The van der Waals surface area contributed by atoms with Gasteiger partial charge < -0.3 is 25.7 Å². The summed E-state index contributed by atoms with van der Waals surface area (Å²) in [6, 6.07) is 22.6. The summed E-state index contributed by atoms with van der Waals surface area (Å²) in [6.45, 7) is 2.73. The summed E-state index contributed by atoms with van der Waals surface area (Å²) in [7, 11) is 1.57. The van der Waals surface area contributed by atoms with Gasteiger partial charge in [0, 0.05) is 34.5 Å². The second-order valence-corrected chi connectivity index (χ2v) is 8.09. The van der Waals surface area contributed by atoms with Crippen LogP contribution in [0.5, 0.6) is 5.88 Å². The van der Waals surface area contributed by atoms with E-state index in [0.717, 1.165) is 16.5 Å². The molecule has 0 aliphatic heterocycles.